The Labute approximate surface area is 237 Å². The molecule has 6 unspecified atom stereocenters. The van der Waals surface area contributed by atoms with Gasteiger partial charge in [0.05, 0.1) is 12.8 Å². The summed E-state index contributed by atoms with van der Waals surface area (Å²) in [5.41, 5.74) is -2.74. The van der Waals surface area contributed by atoms with Crippen LogP contribution in [0.3, 0.4) is 0 Å². The minimum absolute atomic E-state index is 0.0555. The summed E-state index contributed by atoms with van der Waals surface area (Å²) < 4.78 is 29.6. The van der Waals surface area contributed by atoms with Gasteiger partial charge < -0.3 is 48.8 Å². The van der Waals surface area contributed by atoms with Gasteiger partial charge in [0.1, 0.15) is 37.4 Å². The predicted molar refractivity (Wildman–Crippen MR) is 145 cm³/mol. The third-order valence-electron chi connectivity index (χ3n) is 4.82. The van der Waals surface area contributed by atoms with E-state index in [1.807, 2.05) is 41.5 Å². The van der Waals surface area contributed by atoms with Crippen LogP contribution in [0.15, 0.2) is 0 Å². The van der Waals surface area contributed by atoms with Crippen LogP contribution in [0, 0.1) is 0 Å². The normalized spacial score (nSPS) is 15.2. The molecule has 0 aliphatic rings. The van der Waals surface area contributed by atoms with E-state index in [2.05, 4.69) is 16.0 Å². The molecule has 242 valence electrons. The zero-order valence-corrected chi connectivity index (χ0v) is 25.8. The zero-order chi connectivity index (χ0) is 32.5. The van der Waals surface area contributed by atoms with Gasteiger partial charge in [-0.05, 0) is 41.5 Å². The van der Waals surface area contributed by atoms with Gasteiger partial charge in [-0.25, -0.2) is 4.79 Å². The van der Waals surface area contributed by atoms with Crippen molar-refractivity contribution in [2.75, 3.05) is 42.7 Å². The molecule has 40 heavy (non-hydrogen) atoms. The fourth-order valence-corrected chi connectivity index (χ4v) is 2.11. The molecule has 0 saturated heterocycles. The molecule has 0 saturated carbocycles. The van der Waals surface area contributed by atoms with Crippen LogP contribution in [-0.2, 0) is 42.8 Å². The number of rotatable bonds is 17. The lowest BCUT2D eigenvalue weighted by atomic mass is 9.96. The highest BCUT2D eigenvalue weighted by Crippen LogP contribution is 2.15. The molecule has 16 nitrogen and oxygen atoms in total. The molecule has 0 heterocycles. The summed E-state index contributed by atoms with van der Waals surface area (Å²) in [4.78, 5) is 30.5. The van der Waals surface area contributed by atoms with E-state index in [1.54, 1.807) is 42.7 Å². The molecular weight excluding hydrogens is 538 g/mol. The predicted octanol–water partition coefficient (Wildman–Crippen LogP) is 0.434. The third kappa shape index (κ3) is 30.6. The first-order valence-electron chi connectivity index (χ1n) is 12.2. The molecule has 0 aromatic carbocycles. The first kappa shape index (κ1) is 45.0. The summed E-state index contributed by atoms with van der Waals surface area (Å²) >= 11 is 0. The number of carboxylic acid groups (broad SMARTS) is 3. The van der Waals surface area contributed by atoms with Crippen LogP contribution in [0.5, 0.6) is 0 Å². The average molecular weight is 592 g/mol. The Morgan fingerprint density at radius 1 is 0.525 bits per heavy atom. The number of nitrogens with one attached hydrogen (secondary N) is 3. The molecule has 0 bridgehead atoms. The Kier molecular flexibility index (Phi) is 30.6. The van der Waals surface area contributed by atoms with E-state index in [1.165, 1.54) is 0 Å². The van der Waals surface area contributed by atoms with E-state index in [9.17, 15) is 14.4 Å². The number of hydrogen-bond donors (Lipinski definition) is 7. The molecule has 0 fully saturated rings. The van der Waals surface area contributed by atoms with E-state index >= 15 is 0 Å². The molecule has 0 amide bonds. The van der Waals surface area contributed by atoms with Crippen LogP contribution in [0.4, 0.5) is 0 Å². The van der Waals surface area contributed by atoms with E-state index in [-0.39, 0.29) is 37.4 Å². The summed E-state index contributed by atoms with van der Waals surface area (Å²) in [6, 6.07) is 0. The molecule has 0 aromatic heterocycles. The highest BCUT2D eigenvalue weighted by atomic mass is 16.5. The monoisotopic (exact) mass is 591 g/mol. The van der Waals surface area contributed by atoms with Crippen molar-refractivity contribution < 1.29 is 63.2 Å². The van der Waals surface area contributed by atoms with Gasteiger partial charge in [-0.3, -0.25) is 25.5 Å². The summed E-state index contributed by atoms with van der Waals surface area (Å²) in [5.74, 6) is -5.02. The Hall–Kier alpha value is -1.99. The zero-order valence-electron chi connectivity index (χ0n) is 25.8. The third-order valence-corrected chi connectivity index (χ3v) is 4.82. The van der Waals surface area contributed by atoms with Gasteiger partial charge in [0, 0.05) is 42.7 Å². The van der Waals surface area contributed by atoms with Crippen molar-refractivity contribution >= 4 is 17.9 Å². The van der Waals surface area contributed by atoms with Crippen molar-refractivity contribution in [3.63, 3.8) is 0 Å². The second-order valence-electron chi connectivity index (χ2n) is 8.25. The van der Waals surface area contributed by atoms with Gasteiger partial charge in [0.15, 0.2) is 5.60 Å². The molecule has 0 spiro atoms. The number of hydrogen-bond acceptors (Lipinski definition) is 13. The highest BCUT2D eigenvalue weighted by molar-refractivity contribution is 5.88. The highest BCUT2D eigenvalue weighted by Gasteiger charge is 2.40. The first-order chi connectivity index (χ1) is 18.4. The SMILES string of the molecule is COC(C)NC(C)OC.COC(C)NC(C)OC.COC(C)NC(C)OC.O=C(O)CC(O)(CC(=O)O)C(=O)O. The Morgan fingerprint density at radius 2 is 0.700 bits per heavy atom. The number of methoxy groups -OCH3 is 6. The summed E-state index contributed by atoms with van der Waals surface area (Å²) in [5, 5.41) is 42.9. The largest absolute Gasteiger partial charge is 0.481 e. The Balaban J connectivity index is -0.000000219. The lowest BCUT2D eigenvalue weighted by Crippen LogP contribution is -2.42. The van der Waals surface area contributed by atoms with Crippen molar-refractivity contribution in [2.45, 2.75) is 97.4 Å². The van der Waals surface area contributed by atoms with Crippen LogP contribution >= 0.6 is 0 Å². The van der Waals surface area contributed by atoms with Gasteiger partial charge in [-0.2, -0.15) is 0 Å². The minimum atomic E-state index is -2.74. The smallest absolute Gasteiger partial charge is 0.336 e. The Morgan fingerprint density at radius 3 is 0.800 bits per heavy atom. The van der Waals surface area contributed by atoms with Gasteiger partial charge in [-0.15, -0.1) is 0 Å². The van der Waals surface area contributed by atoms with Crippen LogP contribution < -0.4 is 16.0 Å². The van der Waals surface area contributed by atoms with Crippen LogP contribution in [0.2, 0.25) is 0 Å². The maximum Gasteiger partial charge on any atom is 0.336 e. The van der Waals surface area contributed by atoms with Crippen molar-refractivity contribution in [1.82, 2.24) is 16.0 Å². The lowest BCUT2D eigenvalue weighted by molar-refractivity contribution is -0.170. The van der Waals surface area contributed by atoms with Gasteiger partial charge >= 0.3 is 17.9 Å². The average Bonchev–Trinajstić information content (AvgIpc) is 2.88. The van der Waals surface area contributed by atoms with Crippen molar-refractivity contribution in [3.8, 4) is 0 Å². The molecule has 16 heteroatoms. The van der Waals surface area contributed by atoms with E-state index in [0.717, 1.165) is 0 Å². The number of ether oxygens (including phenoxy) is 6. The summed E-state index contributed by atoms with van der Waals surface area (Å²) in [7, 11) is 9.92. The maximum atomic E-state index is 10.3. The number of aliphatic carboxylic acids is 3. The molecule has 0 aliphatic heterocycles. The summed E-state index contributed by atoms with van der Waals surface area (Å²) in [6.07, 6.45) is -1.96. The van der Waals surface area contributed by atoms with Gasteiger partial charge in [-0.1, -0.05) is 0 Å². The van der Waals surface area contributed by atoms with Crippen molar-refractivity contribution in [1.29, 1.82) is 0 Å². The van der Waals surface area contributed by atoms with Crippen LogP contribution in [0.1, 0.15) is 54.4 Å². The minimum Gasteiger partial charge on any atom is -0.481 e. The van der Waals surface area contributed by atoms with Crippen LogP contribution in [0.25, 0.3) is 0 Å². The van der Waals surface area contributed by atoms with Crippen molar-refractivity contribution in [3.05, 3.63) is 0 Å². The number of carboxylic acids is 3. The molecule has 0 aromatic rings. The standard InChI is InChI=1S/3C6H15NO2.C6H8O7/c3*1-5(8-3)7-6(2)9-4;7-3(8)1-6(13,5(11)12)2-4(9)10/h3*5-7H,1-4H3;13H,1-2H2,(H,7,8)(H,9,10)(H,11,12). The molecule has 6 atom stereocenters. The molecular formula is C24H53N3O13. The van der Waals surface area contributed by atoms with E-state index in [0.29, 0.717) is 0 Å². The fourth-order valence-electron chi connectivity index (χ4n) is 2.11. The molecule has 0 radical (unpaired) electrons. The summed E-state index contributed by atoms with van der Waals surface area (Å²) in [6.45, 7) is 11.6. The second kappa shape index (κ2) is 27.2. The van der Waals surface area contributed by atoms with Gasteiger partial charge in [0.25, 0.3) is 0 Å². The number of carbonyl (C=O) groups is 3. The number of aliphatic hydroxyl groups is 1. The first-order valence-corrected chi connectivity index (χ1v) is 12.2. The Bertz CT molecular complexity index is 560. The lowest BCUT2D eigenvalue weighted by Gasteiger charge is -2.18. The van der Waals surface area contributed by atoms with Gasteiger partial charge in [0.2, 0.25) is 0 Å². The topological polar surface area (TPSA) is 224 Å². The fraction of sp³-hybridized carbons (Fsp3) is 0.875. The molecule has 7 N–H and O–H groups in total. The second-order valence-corrected chi connectivity index (χ2v) is 8.25. The molecule has 0 rings (SSSR count). The van der Waals surface area contributed by atoms with Crippen molar-refractivity contribution in [2.24, 2.45) is 0 Å². The van der Waals surface area contributed by atoms with Crippen LogP contribution in [-0.4, -0.2) is 124 Å². The van der Waals surface area contributed by atoms with E-state index < -0.39 is 36.4 Å². The quantitative estimate of drug-likeness (QED) is 0.114. The molecule has 0 aliphatic carbocycles. The maximum absolute atomic E-state index is 10.3. The van der Waals surface area contributed by atoms with E-state index in [4.69, 9.17) is 48.8 Å².